The van der Waals surface area contributed by atoms with Crippen molar-refractivity contribution in [2.75, 3.05) is 30.4 Å². The Morgan fingerprint density at radius 1 is 1.38 bits per heavy atom. The molecule has 26 heavy (non-hydrogen) atoms. The number of nitrogens with one attached hydrogen (secondary N) is 1. The van der Waals surface area contributed by atoms with Gasteiger partial charge in [0.1, 0.15) is 11.3 Å². The van der Waals surface area contributed by atoms with Gasteiger partial charge in [-0.2, -0.15) is 0 Å². The van der Waals surface area contributed by atoms with E-state index in [1.54, 1.807) is 12.6 Å². The quantitative estimate of drug-likeness (QED) is 0.762. The number of anilines is 2. The molecular weight excluding hydrogens is 350 g/mol. The number of benzene rings is 1. The maximum atomic E-state index is 12.6. The van der Waals surface area contributed by atoms with Crippen molar-refractivity contribution < 1.29 is 9.53 Å². The Labute approximate surface area is 155 Å². The van der Waals surface area contributed by atoms with Gasteiger partial charge in [0.25, 0.3) is 0 Å². The summed E-state index contributed by atoms with van der Waals surface area (Å²) in [7, 11) is 1.66. The number of methoxy groups -OCH3 is 1. The van der Waals surface area contributed by atoms with Crippen LogP contribution in [0.15, 0.2) is 36.0 Å². The van der Waals surface area contributed by atoms with E-state index >= 15 is 0 Å². The summed E-state index contributed by atoms with van der Waals surface area (Å²) in [5.41, 5.74) is 3.62. The van der Waals surface area contributed by atoms with E-state index in [-0.39, 0.29) is 11.8 Å². The number of rotatable bonds is 4. The van der Waals surface area contributed by atoms with E-state index in [0.29, 0.717) is 11.7 Å². The predicted molar refractivity (Wildman–Crippen MR) is 102 cm³/mol. The van der Waals surface area contributed by atoms with E-state index in [2.05, 4.69) is 25.4 Å². The second kappa shape index (κ2) is 7.25. The summed E-state index contributed by atoms with van der Waals surface area (Å²) < 4.78 is 5.36. The molecule has 1 aliphatic rings. The molecular formula is C18H19N5O2S. The van der Waals surface area contributed by atoms with E-state index in [9.17, 15) is 4.79 Å². The summed E-state index contributed by atoms with van der Waals surface area (Å²) >= 11 is 1.33. The van der Waals surface area contributed by atoms with Crippen LogP contribution in [-0.4, -0.2) is 41.3 Å². The zero-order valence-electron chi connectivity index (χ0n) is 14.4. The van der Waals surface area contributed by atoms with Crippen molar-refractivity contribution >= 4 is 39.0 Å². The molecule has 1 unspecified atom stereocenters. The van der Waals surface area contributed by atoms with Crippen molar-refractivity contribution in [3.05, 3.63) is 36.0 Å². The number of fused-ring (bicyclic) bond motifs is 1. The van der Waals surface area contributed by atoms with E-state index in [4.69, 9.17) is 4.74 Å². The maximum absolute atomic E-state index is 12.6. The fourth-order valence-electron chi connectivity index (χ4n) is 3.36. The first-order valence-corrected chi connectivity index (χ1v) is 9.37. The Morgan fingerprint density at radius 2 is 2.31 bits per heavy atom. The van der Waals surface area contributed by atoms with Crippen LogP contribution in [0.25, 0.3) is 10.9 Å². The highest BCUT2D eigenvalue weighted by atomic mass is 32.1. The molecule has 1 fully saturated rings. The Hall–Kier alpha value is -2.74. The van der Waals surface area contributed by atoms with Gasteiger partial charge in [-0.15, -0.1) is 10.2 Å². The number of carbonyl (C=O) groups excluding carboxylic acids is 1. The first-order valence-electron chi connectivity index (χ1n) is 8.49. The van der Waals surface area contributed by atoms with Crippen LogP contribution < -0.4 is 15.0 Å². The number of pyridine rings is 1. The van der Waals surface area contributed by atoms with Crippen molar-refractivity contribution in [2.24, 2.45) is 5.92 Å². The zero-order chi connectivity index (χ0) is 17.9. The lowest BCUT2D eigenvalue weighted by Crippen LogP contribution is -2.40. The molecule has 0 saturated carbocycles. The summed E-state index contributed by atoms with van der Waals surface area (Å²) in [6.45, 7) is 1.58. The van der Waals surface area contributed by atoms with Gasteiger partial charge < -0.3 is 15.0 Å². The third-order valence-electron chi connectivity index (χ3n) is 4.65. The topological polar surface area (TPSA) is 80.2 Å². The molecule has 0 spiro atoms. The van der Waals surface area contributed by atoms with Crippen molar-refractivity contribution in [1.82, 2.24) is 15.2 Å². The summed E-state index contributed by atoms with van der Waals surface area (Å²) in [6.07, 6.45) is 3.64. The number of piperidine rings is 1. The second-order valence-corrected chi connectivity index (χ2v) is 7.06. The number of ether oxygens (including phenoxy) is 1. The van der Waals surface area contributed by atoms with Crippen LogP contribution in [0.1, 0.15) is 12.8 Å². The summed E-state index contributed by atoms with van der Waals surface area (Å²) in [4.78, 5) is 19.3. The SMILES string of the molecule is COc1ccc2nccc(N3CCCC(C(=O)Nc4nncs4)C3)c2c1. The molecule has 0 bridgehead atoms. The highest BCUT2D eigenvalue weighted by Gasteiger charge is 2.27. The maximum Gasteiger partial charge on any atom is 0.231 e. The molecule has 2 aromatic heterocycles. The standard InChI is InChI=1S/C18H19N5O2S/c1-25-13-4-5-15-14(9-13)16(6-7-19-15)23-8-2-3-12(10-23)17(24)21-18-22-20-11-26-18/h4-7,9,11-12H,2-3,8,10H2,1H3,(H,21,22,24). The Balaban J connectivity index is 1.58. The molecule has 1 aliphatic heterocycles. The van der Waals surface area contributed by atoms with Crippen LogP contribution in [0.5, 0.6) is 5.75 Å². The number of hydrogen-bond acceptors (Lipinski definition) is 7. The summed E-state index contributed by atoms with van der Waals surface area (Å²) in [5, 5.41) is 12.1. The average Bonchev–Trinajstić information content (AvgIpc) is 3.20. The smallest absolute Gasteiger partial charge is 0.231 e. The second-order valence-electron chi connectivity index (χ2n) is 6.23. The van der Waals surface area contributed by atoms with Gasteiger partial charge in [-0.3, -0.25) is 9.78 Å². The van der Waals surface area contributed by atoms with Crippen molar-refractivity contribution in [3.8, 4) is 5.75 Å². The highest BCUT2D eigenvalue weighted by molar-refractivity contribution is 7.13. The lowest BCUT2D eigenvalue weighted by Gasteiger charge is -2.34. The average molecular weight is 369 g/mol. The van der Waals surface area contributed by atoms with Crippen LogP contribution in [0.2, 0.25) is 0 Å². The number of aromatic nitrogens is 3. The lowest BCUT2D eigenvalue weighted by molar-refractivity contribution is -0.120. The van der Waals surface area contributed by atoms with E-state index < -0.39 is 0 Å². The molecule has 8 heteroatoms. The zero-order valence-corrected chi connectivity index (χ0v) is 15.2. The molecule has 0 radical (unpaired) electrons. The van der Waals surface area contributed by atoms with Gasteiger partial charge in [0.05, 0.1) is 18.5 Å². The number of amides is 1. The normalized spacial score (nSPS) is 17.3. The molecule has 1 saturated heterocycles. The lowest BCUT2D eigenvalue weighted by atomic mass is 9.96. The van der Waals surface area contributed by atoms with Crippen molar-refractivity contribution in [3.63, 3.8) is 0 Å². The molecule has 1 atom stereocenters. The molecule has 3 heterocycles. The predicted octanol–water partition coefficient (Wildman–Crippen LogP) is 2.95. The molecule has 3 aromatic rings. The number of nitrogens with zero attached hydrogens (tertiary/aromatic N) is 4. The van der Waals surface area contributed by atoms with Crippen LogP contribution in [0, 0.1) is 5.92 Å². The Kier molecular flexibility index (Phi) is 4.66. The van der Waals surface area contributed by atoms with Gasteiger partial charge >= 0.3 is 0 Å². The molecule has 1 amide bonds. The first-order chi connectivity index (χ1) is 12.7. The molecule has 0 aliphatic carbocycles. The van der Waals surface area contributed by atoms with Crippen LogP contribution in [-0.2, 0) is 4.79 Å². The molecule has 4 rings (SSSR count). The van der Waals surface area contributed by atoms with Gasteiger partial charge in [-0.05, 0) is 37.1 Å². The van der Waals surface area contributed by atoms with Crippen LogP contribution >= 0.6 is 11.3 Å². The summed E-state index contributed by atoms with van der Waals surface area (Å²) in [5.74, 6) is 0.721. The minimum atomic E-state index is -0.0820. The molecule has 1 N–H and O–H groups in total. The van der Waals surface area contributed by atoms with Gasteiger partial charge in [0.2, 0.25) is 11.0 Å². The molecule has 1 aromatic carbocycles. The van der Waals surface area contributed by atoms with E-state index in [0.717, 1.165) is 41.7 Å². The Morgan fingerprint density at radius 3 is 3.12 bits per heavy atom. The monoisotopic (exact) mass is 369 g/mol. The van der Waals surface area contributed by atoms with E-state index in [1.807, 2.05) is 30.5 Å². The van der Waals surface area contributed by atoms with Gasteiger partial charge in [0, 0.05) is 30.4 Å². The molecule has 7 nitrogen and oxygen atoms in total. The van der Waals surface area contributed by atoms with Crippen LogP contribution in [0.3, 0.4) is 0 Å². The number of hydrogen-bond donors (Lipinski definition) is 1. The Bertz CT molecular complexity index is 915. The van der Waals surface area contributed by atoms with Gasteiger partial charge in [-0.1, -0.05) is 11.3 Å². The minimum absolute atomic E-state index is 0.00222. The van der Waals surface area contributed by atoms with E-state index in [1.165, 1.54) is 11.3 Å². The third kappa shape index (κ3) is 3.32. The number of carbonyl (C=O) groups is 1. The first kappa shape index (κ1) is 16.7. The van der Waals surface area contributed by atoms with Gasteiger partial charge in [0.15, 0.2) is 0 Å². The third-order valence-corrected chi connectivity index (χ3v) is 5.26. The fraction of sp³-hybridized carbons (Fsp3) is 0.333. The highest BCUT2D eigenvalue weighted by Crippen LogP contribution is 2.32. The van der Waals surface area contributed by atoms with Crippen LogP contribution in [0.4, 0.5) is 10.8 Å². The van der Waals surface area contributed by atoms with Gasteiger partial charge in [-0.25, -0.2) is 0 Å². The fourth-order valence-corrected chi connectivity index (χ4v) is 3.81. The largest absolute Gasteiger partial charge is 0.497 e. The van der Waals surface area contributed by atoms with Crippen molar-refractivity contribution in [1.29, 1.82) is 0 Å². The van der Waals surface area contributed by atoms with Crippen molar-refractivity contribution in [2.45, 2.75) is 12.8 Å². The molecule has 134 valence electrons. The summed E-state index contributed by atoms with van der Waals surface area (Å²) in [6, 6.07) is 7.88. The minimum Gasteiger partial charge on any atom is -0.497 e.